The van der Waals surface area contributed by atoms with Crippen molar-refractivity contribution < 1.29 is 4.79 Å². The van der Waals surface area contributed by atoms with E-state index in [1.54, 1.807) is 6.20 Å². The van der Waals surface area contributed by atoms with Crippen LogP contribution in [0.5, 0.6) is 0 Å². The van der Waals surface area contributed by atoms with Crippen molar-refractivity contribution in [3.05, 3.63) is 53.3 Å². The fourth-order valence-corrected chi connectivity index (χ4v) is 3.54. The molecule has 0 saturated carbocycles. The molecule has 4 heteroatoms. The first-order chi connectivity index (χ1) is 12.1. The summed E-state index contributed by atoms with van der Waals surface area (Å²) in [5.74, 6) is 0.591. The van der Waals surface area contributed by atoms with Crippen LogP contribution in [0.3, 0.4) is 0 Å². The van der Waals surface area contributed by atoms with Crippen molar-refractivity contribution >= 4 is 17.3 Å². The maximum absolute atomic E-state index is 12.8. The molecule has 132 valence electrons. The number of para-hydroxylation sites is 1. The molecule has 0 bridgehead atoms. The van der Waals surface area contributed by atoms with Gasteiger partial charge in [-0.3, -0.25) is 9.78 Å². The zero-order valence-corrected chi connectivity index (χ0v) is 15.4. The van der Waals surface area contributed by atoms with Crippen LogP contribution in [0.15, 0.2) is 36.7 Å². The molecule has 1 aliphatic rings. The van der Waals surface area contributed by atoms with E-state index in [0.717, 1.165) is 42.0 Å². The van der Waals surface area contributed by atoms with Crippen molar-refractivity contribution in [3.63, 3.8) is 0 Å². The number of rotatable bonds is 4. The standard InChI is InChI=1S/C21H27N3O/c1-4-17-9-5-8-16(3)20(17)23-21(25)18-11-19(13-22-12-18)24-10-6-7-15(2)14-24/h5,8-9,11-13,15H,4,6-7,10,14H2,1-3H3,(H,23,25). The van der Waals surface area contributed by atoms with Gasteiger partial charge >= 0.3 is 0 Å². The lowest BCUT2D eigenvalue weighted by Gasteiger charge is -2.32. The predicted molar refractivity (Wildman–Crippen MR) is 103 cm³/mol. The van der Waals surface area contributed by atoms with E-state index in [9.17, 15) is 4.79 Å². The zero-order valence-electron chi connectivity index (χ0n) is 15.4. The Labute approximate surface area is 150 Å². The Morgan fingerprint density at radius 2 is 2.20 bits per heavy atom. The summed E-state index contributed by atoms with van der Waals surface area (Å²) < 4.78 is 0. The van der Waals surface area contributed by atoms with Crippen molar-refractivity contribution in [1.29, 1.82) is 0 Å². The highest BCUT2D eigenvalue weighted by molar-refractivity contribution is 6.05. The van der Waals surface area contributed by atoms with E-state index >= 15 is 0 Å². The van der Waals surface area contributed by atoms with Crippen LogP contribution in [0.2, 0.25) is 0 Å². The van der Waals surface area contributed by atoms with Gasteiger partial charge in [-0.15, -0.1) is 0 Å². The van der Waals surface area contributed by atoms with E-state index in [1.165, 1.54) is 12.8 Å². The lowest BCUT2D eigenvalue weighted by molar-refractivity contribution is 0.102. The summed E-state index contributed by atoms with van der Waals surface area (Å²) in [6.45, 7) is 8.47. The number of amides is 1. The molecule has 1 unspecified atom stereocenters. The molecule has 2 aromatic rings. The molecule has 3 rings (SSSR count). The number of nitrogens with one attached hydrogen (secondary N) is 1. The molecule has 1 saturated heterocycles. The minimum absolute atomic E-state index is 0.0941. The van der Waals surface area contributed by atoms with Gasteiger partial charge in [-0.2, -0.15) is 0 Å². The Kier molecular flexibility index (Phi) is 5.37. The fourth-order valence-electron chi connectivity index (χ4n) is 3.54. The van der Waals surface area contributed by atoms with Gasteiger partial charge in [0.2, 0.25) is 0 Å². The van der Waals surface area contributed by atoms with Gasteiger partial charge in [-0.05, 0) is 49.3 Å². The number of carbonyl (C=O) groups excluding carboxylic acids is 1. The number of piperidine rings is 1. The quantitative estimate of drug-likeness (QED) is 0.897. The SMILES string of the molecule is CCc1cccc(C)c1NC(=O)c1cncc(N2CCCC(C)C2)c1. The highest BCUT2D eigenvalue weighted by Crippen LogP contribution is 2.25. The largest absolute Gasteiger partial charge is 0.370 e. The maximum atomic E-state index is 12.8. The monoisotopic (exact) mass is 337 g/mol. The molecule has 4 nitrogen and oxygen atoms in total. The number of nitrogens with zero attached hydrogens (tertiary/aromatic N) is 2. The zero-order chi connectivity index (χ0) is 17.8. The van der Waals surface area contributed by atoms with Crippen molar-refractivity contribution in [2.24, 2.45) is 5.92 Å². The number of benzene rings is 1. The molecule has 1 aromatic carbocycles. The van der Waals surface area contributed by atoms with E-state index in [1.807, 2.05) is 31.3 Å². The van der Waals surface area contributed by atoms with Crippen LogP contribution in [0.1, 0.15) is 48.2 Å². The molecule has 1 atom stereocenters. The lowest BCUT2D eigenvalue weighted by atomic mass is 10.00. The van der Waals surface area contributed by atoms with Crippen LogP contribution < -0.4 is 10.2 Å². The van der Waals surface area contributed by atoms with Crippen LogP contribution in [0, 0.1) is 12.8 Å². The predicted octanol–water partition coefficient (Wildman–Crippen LogP) is 4.44. The molecule has 0 radical (unpaired) electrons. The van der Waals surface area contributed by atoms with Crippen molar-refractivity contribution in [1.82, 2.24) is 4.98 Å². The maximum Gasteiger partial charge on any atom is 0.257 e. The van der Waals surface area contributed by atoms with Gasteiger partial charge in [-0.1, -0.05) is 32.0 Å². The van der Waals surface area contributed by atoms with E-state index in [2.05, 4.69) is 35.1 Å². The summed E-state index contributed by atoms with van der Waals surface area (Å²) >= 11 is 0. The number of carbonyl (C=O) groups is 1. The second-order valence-electron chi connectivity index (χ2n) is 7.04. The van der Waals surface area contributed by atoms with Crippen LogP contribution >= 0.6 is 0 Å². The number of aromatic nitrogens is 1. The fraction of sp³-hybridized carbons (Fsp3) is 0.429. The molecule has 0 spiro atoms. The lowest BCUT2D eigenvalue weighted by Crippen LogP contribution is -2.34. The highest BCUT2D eigenvalue weighted by atomic mass is 16.1. The first kappa shape index (κ1) is 17.5. The van der Waals surface area contributed by atoms with Crippen LogP contribution in [0.25, 0.3) is 0 Å². The third-order valence-corrected chi connectivity index (χ3v) is 4.99. The van der Waals surface area contributed by atoms with Crippen molar-refractivity contribution in [2.45, 2.75) is 40.0 Å². The first-order valence-electron chi connectivity index (χ1n) is 9.18. The average Bonchev–Trinajstić information content (AvgIpc) is 2.63. The summed E-state index contributed by atoms with van der Waals surface area (Å²) in [6.07, 6.45) is 6.87. The van der Waals surface area contributed by atoms with Gasteiger partial charge < -0.3 is 10.2 Å². The Morgan fingerprint density at radius 3 is 2.96 bits per heavy atom. The number of hydrogen-bond acceptors (Lipinski definition) is 3. The molecule has 0 aliphatic carbocycles. The van der Waals surface area contributed by atoms with E-state index < -0.39 is 0 Å². The van der Waals surface area contributed by atoms with Gasteiger partial charge in [0, 0.05) is 25.0 Å². The third kappa shape index (κ3) is 4.01. The Balaban J connectivity index is 1.80. The van der Waals surface area contributed by atoms with Crippen LogP contribution in [-0.2, 0) is 6.42 Å². The first-order valence-corrected chi connectivity index (χ1v) is 9.18. The molecular weight excluding hydrogens is 310 g/mol. The Bertz CT molecular complexity index is 757. The molecule has 1 amide bonds. The summed E-state index contributed by atoms with van der Waals surface area (Å²) in [6, 6.07) is 8.08. The summed E-state index contributed by atoms with van der Waals surface area (Å²) in [5, 5.41) is 3.09. The summed E-state index contributed by atoms with van der Waals surface area (Å²) in [5.41, 5.74) is 4.82. The highest BCUT2D eigenvalue weighted by Gasteiger charge is 2.18. The van der Waals surface area contributed by atoms with Crippen molar-refractivity contribution in [3.8, 4) is 0 Å². The van der Waals surface area contributed by atoms with Crippen LogP contribution in [0.4, 0.5) is 11.4 Å². The second kappa shape index (κ2) is 7.68. The minimum Gasteiger partial charge on any atom is -0.370 e. The molecule has 1 fully saturated rings. The van der Waals surface area contributed by atoms with Gasteiger partial charge in [-0.25, -0.2) is 0 Å². The van der Waals surface area contributed by atoms with E-state index in [4.69, 9.17) is 0 Å². The van der Waals surface area contributed by atoms with Crippen molar-refractivity contribution in [2.75, 3.05) is 23.3 Å². The smallest absolute Gasteiger partial charge is 0.257 e. The molecule has 1 N–H and O–H groups in total. The summed E-state index contributed by atoms with van der Waals surface area (Å²) in [7, 11) is 0. The molecular formula is C21H27N3O. The Morgan fingerprint density at radius 1 is 1.36 bits per heavy atom. The minimum atomic E-state index is -0.0941. The van der Waals surface area contributed by atoms with Gasteiger partial charge in [0.25, 0.3) is 5.91 Å². The van der Waals surface area contributed by atoms with E-state index in [0.29, 0.717) is 11.5 Å². The second-order valence-corrected chi connectivity index (χ2v) is 7.04. The summed E-state index contributed by atoms with van der Waals surface area (Å²) in [4.78, 5) is 19.4. The number of pyridine rings is 1. The van der Waals surface area contributed by atoms with E-state index in [-0.39, 0.29) is 5.91 Å². The number of anilines is 2. The third-order valence-electron chi connectivity index (χ3n) is 4.99. The molecule has 1 aliphatic heterocycles. The molecule has 1 aromatic heterocycles. The average molecular weight is 337 g/mol. The topological polar surface area (TPSA) is 45.2 Å². The normalized spacial score (nSPS) is 17.4. The molecule has 25 heavy (non-hydrogen) atoms. The van der Waals surface area contributed by atoms with Gasteiger partial charge in [0.05, 0.1) is 17.4 Å². The number of aryl methyl sites for hydroxylation is 2. The Hall–Kier alpha value is -2.36. The number of hydrogen-bond donors (Lipinski definition) is 1. The van der Waals surface area contributed by atoms with Gasteiger partial charge in [0.1, 0.15) is 0 Å². The molecule has 2 heterocycles. The van der Waals surface area contributed by atoms with Crippen LogP contribution in [-0.4, -0.2) is 24.0 Å². The van der Waals surface area contributed by atoms with Gasteiger partial charge in [0.15, 0.2) is 0 Å².